The first-order valence-corrected chi connectivity index (χ1v) is 8.30. The highest BCUT2D eigenvalue weighted by atomic mass is 79.9. The Balaban J connectivity index is 2.03. The summed E-state index contributed by atoms with van der Waals surface area (Å²) >= 11 is 3.36. The first-order chi connectivity index (χ1) is 11.9. The number of hydrogen-bond donors (Lipinski definition) is 1. The largest absolute Gasteiger partial charge is 0.476 e. The lowest BCUT2D eigenvalue weighted by atomic mass is 10.4. The molecule has 0 aromatic carbocycles. The highest BCUT2D eigenvalue weighted by molar-refractivity contribution is 9.10. The average molecular weight is 407 g/mol. The molecule has 0 spiro atoms. The topological polar surface area (TPSA) is 76.5 Å². The minimum atomic E-state index is -0.169. The molecule has 0 radical (unpaired) electrons. The molecule has 0 saturated heterocycles. The van der Waals surface area contributed by atoms with Crippen LogP contribution >= 0.6 is 15.9 Å². The van der Waals surface area contributed by atoms with Gasteiger partial charge >= 0.3 is 0 Å². The summed E-state index contributed by atoms with van der Waals surface area (Å²) in [5.41, 5.74) is 0.235. The molecule has 8 heteroatoms. The van der Waals surface area contributed by atoms with Gasteiger partial charge in [-0.2, -0.15) is 4.98 Å². The molecule has 0 atom stereocenters. The van der Waals surface area contributed by atoms with E-state index in [2.05, 4.69) is 32.8 Å². The van der Waals surface area contributed by atoms with Crippen molar-refractivity contribution in [3.05, 3.63) is 57.9 Å². The Labute approximate surface area is 154 Å². The third-order valence-corrected chi connectivity index (χ3v) is 3.80. The zero-order valence-corrected chi connectivity index (χ0v) is 15.6. The number of carbonyl (C=O) groups excluding carboxylic acids is 1. The van der Waals surface area contributed by atoms with E-state index in [-0.39, 0.29) is 11.5 Å². The number of hydrogen-bond acceptors (Lipinski definition) is 5. The summed E-state index contributed by atoms with van der Waals surface area (Å²) in [6.45, 7) is 4.15. The van der Waals surface area contributed by atoms with Crippen LogP contribution in [0.3, 0.4) is 0 Å². The van der Waals surface area contributed by atoms with Crippen molar-refractivity contribution in [1.82, 2.24) is 14.5 Å². The molecule has 7 nitrogen and oxygen atoms in total. The van der Waals surface area contributed by atoms with Crippen LogP contribution in [0.2, 0.25) is 0 Å². The first kappa shape index (κ1) is 18.7. The Morgan fingerprint density at radius 1 is 1.52 bits per heavy atom. The van der Waals surface area contributed by atoms with Gasteiger partial charge in [-0.05, 0) is 34.1 Å². The maximum Gasteiger partial charge on any atom is 0.274 e. The predicted octanol–water partition coefficient (Wildman–Crippen LogP) is 2.31. The fourth-order valence-corrected chi connectivity index (χ4v) is 2.55. The second-order valence-electron chi connectivity index (χ2n) is 5.29. The molecule has 0 aliphatic heterocycles. The smallest absolute Gasteiger partial charge is 0.274 e. The number of halogens is 1. The second kappa shape index (κ2) is 8.48. The fraction of sp³-hybridized carbons (Fsp3) is 0.235. The van der Waals surface area contributed by atoms with Gasteiger partial charge in [0.15, 0.2) is 0 Å². The maximum atomic E-state index is 12.1. The van der Waals surface area contributed by atoms with E-state index >= 15 is 0 Å². The van der Waals surface area contributed by atoms with E-state index in [9.17, 15) is 9.59 Å². The molecule has 2 aromatic rings. The number of aryl methyl sites for hydroxylation is 1. The fourth-order valence-electron chi connectivity index (χ4n) is 2.02. The molecule has 0 bridgehead atoms. The van der Waals surface area contributed by atoms with Crippen molar-refractivity contribution in [3.63, 3.8) is 0 Å². The summed E-state index contributed by atoms with van der Waals surface area (Å²) in [7, 11) is 3.34. The van der Waals surface area contributed by atoms with E-state index in [4.69, 9.17) is 4.74 Å². The van der Waals surface area contributed by atoms with Gasteiger partial charge in [0.05, 0.1) is 6.54 Å². The van der Waals surface area contributed by atoms with Crippen LogP contribution in [0.15, 0.2) is 52.4 Å². The van der Waals surface area contributed by atoms with E-state index in [1.165, 1.54) is 15.5 Å². The number of ether oxygens (including phenoxy) is 1. The molecule has 0 saturated carbocycles. The minimum absolute atomic E-state index is 0.166. The lowest BCUT2D eigenvalue weighted by Crippen LogP contribution is -2.29. The van der Waals surface area contributed by atoms with Crippen LogP contribution in [0, 0.1) is 0 Å². The second-order valence-corrected chi connectivity index (χ2v) is 6.20. The van der Waals surface area contributed by atoms with Gasteiger partial charge in [-0.15, -0.1) is 0 Å². The van der Waals surface area contributed by atoms with Gasteiger partial charge in [0.25, 0.3) is 5.56 Å². The molecule has 1 amide bonds. The van der Waals surface area contributed by atoms with Crippen LogP contribution in [0.4, 0.5) is 11.5 Å². The Kier molecular flexibility index (Phi) is 6.35. The Morgan fingerprint density at radius 3 is 3.00 bits per heavy atom. The van der Waals surface area contributed by atoms with Crippen LogP contribution in [0.25, 0.3) is 0 Å². The van der Waals surface area contributed by atoms with E-state index in [0.717, 1.165) is 4.47 Å². The molecule has 25 heavy (non-hydrogen) atoms. The van der Waals surface area contributed by atoms with E-state index in [1.807, 2.05) is 0 Å². The van der Waals surface area contributed by atoms with Crippen molar-refractivity contribution in [2.75, 3.05) is 25.5 Å². The van der Waals surface area contributed by atoms with Crippen molar-refractivity contribution in [3.8, 4) is 5.88 Å². The number of likely N-dealkylation sites (N-methyl/N-ethyl adjacent to an activating group) is 1. The van der Waals surface area contributed by atoms with E-state index < -0.39 is 0 Å². The molecule has 132 valence electrons. The van der Waals surface area contributed by atoms with Crippen LogP contribution in [0.5, 0.6) is 5.88 Å². The van der Waals surface area contributed by atoms with Crippen LogP contribution in [-0.2, 0) is 11.8 Å². The van der Waals surface area contributed by atoms with Gasteiger partial charge in [0.1, 0.15) is 18.1 Å². The van der Waals surface area contributed by atoms with Gasteiger partial charge in [0, 0.05) is 30.8 Å². The van der Waals surface area contributed by atoms with E-state index in [1.54, 1.807) is 44.6 Å². The number of carbonyl (C=O) groups is 1. The van der Waals surface area contributed by atoms with Gasteiger partial charge < -0.3 is 19.5 Å². The zero-order chi connectivity index (χ0) is 18.4. The number of nitrogens with zero attached hydrogens (tertiary/aromatic N) is 3. The van der Waals surface area contributed by atoms with Gasteiger partial charge in [-0.3, -0.25) is 9.59 Å². The summed E-state index contributed by atoms with van der Waals surface area (Å²) in [4.78, 5) is 29.3. The summed E-state index contributed by atoms with van der Waals surface area (Å²) in [5.74, 6) is 0.719. The number of pyridine rings is 2. The summed E-state index contributed by atoms with van der Waals surface area (Å²) < 4.78 is 7.80. The normalized spacial score (nSPS) is 10.2. The molecule has 2 rings (SSSR count). The van der Waals surface area contributed by atoms with Crippen LogP contribution in [0.1, 0.15) is 0 Å². The number of rotatable bonds is 7. The molecule has 0 aliphatic rings. The summed E-state index contributed by atoms with van der Waals surface area (Å²) in [6, 6.07) is 6.90. The maximum absolute atomic E-state index is 12.1. The van der Waals surface area contributed by atoms with Crippen LogP contribution in [-0.4, -0.2) is 40.6 Å². The standard InChI is InChI=1S/C17H19BrN4O3/c1-4-16(23)21(2)8-9-25-15-7-5-6-14(20-15)19-13-10-12(18)11-22(3)17(13)24/h4-7,10-11H,1,8-9H2,2-3H3,(H,19,20). The quantitative estimate of drug-likeness (QED) is 0.713. The Bertz CT molecular complexity index is 835. The molecule has 0 fully saturated rings. The highest BCUT2D eigenvalue weighted by Crippen LogP contribution is 2.17. The Morgan fingerprint density at radius 2 is 2.28 bits per heavy atom. The van der Waals surface area contributed by atoms with Crippen LogP contribution < -0.4 is 15.6 Å². The SMILES string of the molecule is C=CC(=O)N(C)CCOc1cccc(Nc2cc(Br)cn(C)c2=O)n1. The molecular weight excluding hydrogens is 388 g/mol. The number of anilines is 2. The third-order valence-electron chi connectivity index (χ3n) is 3.36. The number of amides is 1. The van der Waals surface area contributed by atoms with Crippen molar-refractivity contribution < 1.29 is 9.53 Å². The lowest BCUT2D eigenvalue weighted by molar-refractivity contribution is -0.125. The van der Waals surface area contributed by atoms with Crippen molar-refractivity contribution >= 4 is 33.3 Å². The highest BCUT2D eigenvalue weighted by Gasteiger charge is 2.07. The first-order valence-electron chi connectivity index (χ1n) is 7.51. The summed E-state index contributed by atoms with van der Waals surface area (Å²) in [5, 5.41) is 2.99. The number of aromatic nitrogens is 2. The molecule has 2 aromatic heterocycles. The van der Waals surface area contributed by atoms with E-state index in [0.29, 0.717) is 30.5 Å². The van der Waals surface area contributed by atoms with Gasteiger partial charge in [0.2, 0.25) is 11.8 Å². The molecule has 0 unspecified atom stereocenters. The molecular formula is C17H19BrN4O3. The predicted molar refractivity (Wildman–Crippen MR) is 100 cm³/mol. The zero-order valence-electron chi connectivity index (χ0n) is 14.0. The number of nitrogens with one attached hydrogen (secondary N) is 1. The van der Waals surface area contributed by atoms with Gasteiger partial charge in [-0.1, -0.05) is 12.6 Å². The molecule has 0 aliphatic carbocycles. The van der Waals surface area contributed by atoms with Crippen molar-refractivity contribution in [2.45, 2.75) is 0 Å². The van der Waals surface area contributed by atoms with Gasteiger partial charge in [-0.25, -0.2) is 0 Å². The molecule has 2 heterocycles. The Hall–Kier alpha value is -2.61. The average Bonchev–Trinajstić information content (AvgIpc) is 2.58. The van der Waals surface area contributed by atoms with Crippen molar-refractivity contribution in [1.29, 1.82) is 0 Å². The monoisotopic (exact) mass is 406 g/mol. The van der Waals surface area contributed by atoms with Crippen molar-refractivity contribution in [2.24, 2.45) is 7.05 Å². The molecule has 1 N–H and O–H groups in total. The lowest BCUT2D eigenvalue weighted by Gasteiger charge is -2.15. The summed E-state index contributed by atoms with van der Waals surface area (Å²) in [6.07, 6.45) is 2.93. The minimum Gasteiger partial charge on any atom is -0.476 e. The third kappa shape index (κ3) is 5.18.